The van der Waals surface area contributed by atoms with Crippen LogP contribution < -0.4 is 9.88 Å². The van der Waals surface area contributed by atoms with Gasteiger partial charge in [-0.05, 0) is 49.6 Å². The van der Waals surface area contributed by atoms with Crippen molar-refractivity contribution in [3.05, 3.63) is 53.9 Å². The molecule has 1 aromatic carbocycles. The number of anilines is 1. The van der Waals surface area contributed by atoms with E-state index in [1.165, 1.54) is 9.87 Å². The molecule has 0 saturated carbocycles. The van der Waals surface area contributed by atoms with Crippen molar-refractivity contribution in [1.29, 1.82) is 0 Å². The molecule has 1 fully saturated rings. The van der Waals surface area contributed by atoms with E-state index in [-0.39, 0.29) is 17.3 Å². The molecular formula is C20H26N3O3S+. The Morgan fingerprint density at radius 3 is 2.41 bits per heavy atom. The Bertz CT molecular complexity index is 918. The largest absolute Gasteiger partial charge is 0.321 e. The topological polar surface area (TPSA) is 70.4 Å². The molecule has 1 saturated heterocycles. The fourth-order valence-corrected chi connectivity index (χ4v) is 4.71. The van der Waals surface area contributed by atoms with Gasteiger partial charge in [-0.1, -0.05) is 6.92 Å². The number of sulfonamides is 1. The summed E-state index contributed by atoms with van der Waals surface area (Å²) in [4.78, 5) is 12.6. The molecule has 7 heteroatoms. The first-order chi connectivity index (χ1) is 12.9. The number of pyridine rings is 1. The molecule has 27 heavy (non-hydrogen) atoms. The van der Waals surface area contributed by atoms with Gasteiger partial charge in [-0.25, -0.2) is 8.42 Å². The van der Waals surface area contributed by atoms with Crippen molar-refractivity contribution in [3.63, 3.8) is 0 Å². The summed E-state index contributed by atoms with van der Waals surface area (Å²) in [6, 6.07) is 10.5. The average molecular weight is 389 g/mol. The van der Waals surface area contributed by atoms with E-state index < -0.39 is 10.0 Å². The smallest absolute Gasteiger partial charge is 0.290 e. The zero-order valence-electron chi connectivity index (χ0n) is 15.8. The number of carbonyl (C=O) groups is 1. The van der Waals surface area contributed by atoms with Crippen molar-refractivity contribution >= 4 is 21.6 Å². The van der Waals surface area contributed by atoms with E-state index in [0.717, 1.165) is 25.0 Å². The van der Waals surface area contributed by atoms with Crippen LogP contribution in [0.2, 0.25) is 0 Å². The number of aromatic nitrogens is 1. The van der Waals surface area contributed by atoms with Crippen LogP contribution in [0.25, 0.3) is 0 Å². The zero-order chi connectivity index (χ0) is 19.4. The summed E-state index contributed by atoms with van der Waals surface area (Å²) in [7, 11) is -3.43. The lowest BCUT2D eigenvalue weighted by molar-refractivity contribution is -0.690. The molecule has 0 spiro atoms. The van der Waals surface area contributed by atoms with Gasteiger partial charge in [0.2, 0.25) is 16.6 Å². The van der Waals surface area contributed by atoms with E-state index in [4.69, 9.17) is 0 Å². The Morgan fingerprint density at radius 1 is 1.11 bits per heavy atom. The molecule has 1 N–H and O–H groups in total. The third kappa shape index (κ3) is 4.54. The van der Waals surface area contributed by atoms with Gasteiger partial charge in [0.1, 0.15) is 0 Å². The van der Waals surface area contributed by atoms with Gasteiger partial charge in [0.15, 0.2) is 11.9 Å². The number of nitrogens with zero attached hydrogens (tertiary/aromatic N) is 2. The maximum absolute atomic E-state index is 12.5. The highest BCUT2D eigenvalue weighted by atomic mass is 32.2. The number of hydrogen-bond acceptors (Lipinski definition) is 3. The van der Waals surface area contributed by atoms with Gasteiger partial charge < -0.3 is 5.32 Å². The molecule has 0 unspecified atom stereocenters. The lowest BCUT2D eigenvalue weighted by atomic mass is 10.2. The van der Waals surface area contributed by atoms with Gasteiger partial charge in [0.05, 0.1) is 4.90 Å². The predicted molar refractivity (Wildman–Crippen MR) is 104 cm³/mol. The third-order valence-electron chi connectivity index (χ3n) is 4.88. The fourth-order valence-electron chi connectivity index (χ4n) is 3.19. The van der Waals surface area contributed by atoms with E-state index in [9.17, 15) is 13.2 Å². The summed E-state index contributed by atoms with van der Waals surface area (Å²) in [5.74, 6) is -0.147. The molecule has 3 rings (SSSR count). The normalized spacial score (nSPS) is 15.0. The Kier molecular flexibility index (Phi) is 5.92. The minimum Gasteiger partial charge on any atom is -0.321 e. The zero-order valence-corrected chi connectivity index (χ0v) is 16.6. The van der Waals surface area contributed by atoms with Gasteiger partial charge in [0.25, 0.3) is 5.91 Å². The SMILES string of the molecule is CCc1ccc(C)[n+](CC(=O)Nc2ccc(S(=O)(=O)N3CCCC3)cc2)c1. The standard InChI is InChI=1S/C20H25N3O3S/c1-3-17-7-6-16(2)22(14-17)15-20(24)21-18-8-10-19(11-9-18)27(25,26)23-12-4-5-13-23/h6-11,14H,3-5,12-13,15H2,1-2H3/p+1. The van der Waals surface area contributed by atoms with Gasteiger partial charge >= 0.3 is 0 Å². The van der Waals surface area contributed by atoms with Crippen molar-refractivity contribution < 1.29 is 17.8 Å². The van der Waals surface area contributed by atoms with Crippen molar-refractivity contribution in [1.82, 2.24) is 4.31 Å². The van der Waals surface area contributed by atoms with Crippen LogP contribution in [-0.2, 0) is 27.8 Å². The monoisotopic (exact) mass is 388 g/mol. The number of hydrogen-bond donors (Lipinski definition) is 1. The Balaban J connectivity index is 1.67. The van der Waals surface area contributed by atoms with E-state index in [1.54, 1.807) is 24.3 Å². The molecule has 1 amide bonds. The maximum atomic E-state index is 12.5. The van der Waals surface area contributed by atoms with E-state index in [2.05, 4.69) is 18.3 Å². The van der Waals surface area contributed by atoms with Crippen LogP contribution >= 0.6 is 0 Å². The third-order valence-corrected chi connectivity index (χ3v) is 6.79. The molecule has 0 aliphatic carbocycles. The molecule has 0 atom stereocenters. The van der Waals surface area contributed by atoms with E-state index >= 15 is 0 Å². The molecule has 1 aliphatic rings. The fraction of sp³-hybridized carbons (Fsp3) is 0.400. The minimum atomic E-state index is -3.43. The summed E-state index contributed by atoms with van der Waals surface area (Å²) in [5.41, 5.74) is 2.77. The number of amides is 1. The van der Waals surface area contributed by atoms with Crippen LogP contribution in [0.4, 0.5) is 5.69 Å². The number of aryl methyl sites for hydroxylation is 2. The maximum Gasteiger partial charge on any atom is 0.290 e. The van der Waals surface area contributed by atoms with Crippen LogP contribution in [0, 0.1) is 6.92 Å². The molecule has 0 bridgehead atoms. The summed E-state index contributed by atoms with van der Waals surface area (Å²) in [6.07, 6.45) is 4.71. The molecule has 2 heterocycles. The average Bonchev–Trinajstić information content (AvgIpc) is 3.19. The van der Waals surface area contributed by atoms with Crippen LogP contribution in [0.1, 0.15) is 31.0 Å². The molecule has 2 aromatic rings. The first-order valence-electron chi connectivity index (χ1n) is 9.29. The summed E-state index contributed by atoms with van der Waals surface area (Å²) >= 11 is 0. The summed E-state index contributed by atoms with van der Waals surface area (Å²) in [6.45, 7) is 5.41. The quantitative estimate of drug-likeness (QED) is 0.772. The van der Waals surface area contributed by atoms with Crippen molar-refractivity contribution in [2.75, 3.05) is 18.4 Å². The number of rotatable bonds is 6. The Hall–Kier alpha value is -2.25. The number of nitrogens with one attached hydrogen (secondary N) is 1. The van der Waals surface area contributed by atoms with Crippen LogP contribution in [0.3, 0.4) is 0 Å². The molecule has 0 radical (unpaired) electrons. The lowest BCUT2D eigenvalue weighted by Crippen LogP contribution is -2.43. The second-order valence-corrected chi connectivity index (χ2v) is 8.78. The molecule has 1 aliphatic heterocycles. The minimum absolute atomic E-state index is 0.147. The number of benzene rings is 1. The summed E-state index contributed by atoms with van der Waals surface area (Å²) < 4.78 is 28.5. The first kappa shape index (κ1) is 19.5. The second-order valence-electron chi connectivity index (χ2n) is 6.84. The van der Waals surface area contributed by atoms with Gasteiger partial charge in [-0.15, -0.1) is 0 Å². The molecule has 1 aromatic heterocycles. The lowest BCUT2D eigenvalue weighted by Gasteiger charge is -2.15. The Labute approximate surface area is 160 Å². The Morgan fingerprint density at radius 2 is 1.78 bits per heavy atom. The highest BCUT2D eigenvalue weighted by molar-refractivity contribution is 7.89. The predicted octanol–water partition coefficient (Wildman–Crippen LogP) is 2.27. The van der Waals surface area contributed by atoms with Crippen LogP contribution in [-0.4, -0.2) is 31.7 Å². The highest BCUT2D eigenvalue weighted by Gasteiger charge is 2.27. The first-order valence-corrected chi connectivity index (χ1v) is 10.7. The van der Waals surface area contributed by atoms with Gasteiger partial charge in [-0.3, -0.25) is 4.79 Å². The van der Waals surface area contributed by atoms with Crippen LogP contribution in [0.5, 0.6) is 0 Å². The summed E-state index contributed by atoms with van der Waals surface area (Å²) in [5, 5.41) is 2.84. The van der Waals surface area contributed by atoms with E-state index in [0.29, 0.717) is 18.8 Å². The molecular weight excluding hydrogens is 362 g/mol. The van der Waals surface area contributed by atoms with Crippen molar-refractivity contribution in [3.8, 4) is 0 Å². The molecule has 144 valence electrons. The second kappa shape index (κ2) is 8.19. The highest BCUT2D eigenvalue weighted by Crippen LogP contribution is 2.22. The van der Waals surface area contributed by atoms with Crippen LogP contribution in [0.15, 0.2) is 47.5 Å². The number of carbonyl (C=O) groups excluding carboxylic acids is 1. The van der Waals surface area contributed by atoms with Gasteiger partial charge in [0, 0.05) is 37.3 Å². The van der Waals surface area contributed by atoms with Gasteiger partial charge in [-0.2, -0.15) is 8.87 Å². The van der Waals surface area contributed by atoms with Crippen molar-refractivity contribution in [2.45, 2.75) is 44.6 Å². The van der Waals surface area contributed by atoms with Crippen molar-refractivity contribution in [2.24, 2.45) is 0 Å². The molecule has 6 nitrogen and oxygen atoms in total. The van der Waals surface area contributed by atoms with E-state index in [1.807, 2.05) is 23.8 Å².